The molecule has 96 valence electrons. The van der Waals surface area contributed by atoms with Gasteiger partial charge in [0.1, 0.15) is 0 Å². The van der Waals surface area contributed by atoms with Crippen molar-refractivity contribution < 1.29 is 9.59 Å². The van der Waals surface area contributed by atoms with Crippen LogP contribution in [-0.4, -0.2) is 48.9 Å². The highest BCUT2D eigenvalue weighted by Gasteiger charge is 2.21. The topological polar surface area (TPSA) is 61.4 Å². The standard InChI is InChI=1S/C12H21N3O2/c16-11(8-13-10-4-5-10)14-9-12(17)15-6-2-1-3-7-15/h10,13H,1-9H2,(H,14,16). The summed E-state index contributed by atoms with van der Waals surface area (Å²) in [5.74, 6) is -0.0354. The fraction of sp³-hybridized carbons (Fsp3) is 0.833. The largest absolute Gasteiger partial charge is 0.346 e. The molecule has 1 saturated heterocycles. The maximum atomic E-state index is 11.7. The zero-order chi connectivity index (χ0) is 12.1. The molecule has 2 aliphatic rings. The highest BCUT2D eigenvalue weighted by atomic mass is 16.2. The predicted octanol–water partition coefficient (Wildman–Crippen LogP) is -0.133. The lowest BCUT2D eigenvalue weighted by Crippen LogP contribution is -2.44. The van der Waals surface area contributed by atoms with E-state index in [4.69, 9.17) is 0 Å². The van der Waals surface area contributed by atoms with Crippen LogP contribution in [0.15, 0.2) is 0 Å². The van der Waals surface area contributed by atoms with E-state index in [1.54, 1.807) is 0 Å². The van der Waals surface area contributed by atoms with Crippen molar-refractivity contribution in [1.82, 2.24) is 15.5 Å². The molecule has 5 heteroatoms. The van der Waals surface area contributed by atoms with Gasteiger partial charge < -0.3 is 15.5 Å². The van der Waals surface area contributed by atoms with E-state index in [0.29, 0.717) is 12.6 Å². The third-order valence-corrected chi connectivity index (χ3v) is 3.27. The second-order valence-corrected chi connectivity index (χ2v) is 4.87. The van der Waals surface area contributed by atoms with E-state index in [9.17, 15) is 9.59 Å². The molecular formula is C12H21N3O2. The van der Waals surface area contributed by atoms with Crippen molar-refractivity contribution in [2.45, 2.75) is 38.1 Å². The van der Waals surface area contributed by atoms with Crippen molar-refractivity contribution in [3.05, 3.63) is 0 Å². The SMILES string of the molecule is O=C(CNC1CC1)NCC(=O)N1CCCCC1. The number of amides is 2. The number of nitrogens with zero attached hydrogens (tertiary/aromatic N) is 1. The van der Waals surface area contributed by atoms with Crippen molar-refractivity contribution in [3.63, 3.8) is 0 Å². The average Bonchev–Trinajstić information content (AvgIpc) is 3.18. The number of carbonyl (C=O) groups excluding carboxylic acids is 2. The molecule has 1 aliphatic carbocycles. The molecule has 0 unspecified atom stereocenters. The number of piperidine rings is 1. The smallest absolute Gasteiger partial charge is 0.241 e. The molecule has 0 atom stereocenters. The van der Waals surface area contributed by atoms with Gasteiger partial charge >= 0.3 is 0 Å². The van der Waals surface area contributed by atoms with E-state index < -0.39 is 0 Å². The zero-order valence-corrected chi connectivity index (χ0v) is 10.2. The fourth-order valence-electron chi connectivity index (χ4n) is 2.02. The number of nitrogens with one attached hydrogen (secondary N) is 2. The lowest BCUT2D eigenvalue weighted by Gasteiger charge is -2.26. The van der Waals surface area contributed by atoms with E-state index in [1.807, 2.05) is 4.90 Å². The first-order valence-electron chi connectivity index (χ1n) is 6.53. The van der Waals surface area contributed by atoms with Gasteiger partial charge in [0.05, 0.1) is 13.1 Å². The van der Waals surface area contributed by atoms with Crippen LogP contribution in [-0.2, 0) is 9.59 Å². The van der Waals surface area contributed by atoms with Crippen LogP contribution in [0.1, 0.15) is 32.1 Å². The van der Waals surface area contributed by atoms with Crippen LogP contribution in [0.3, 0.4) is 0 Å². The summed E-state index contributed by atoms with van der Waals surface area (Å²) in [5.41, 5.74) is 0. The zero-order valence-electron chi connectivity index (χ0n) is 10.2. The molecule has 0 aromatic rings. The van der Waals surface area contributed by atoms with Gasteiger partial charge in [-0.3, -0.25) is 9.59 Å². The maximum absolute atomic E-state index is 11.7. The number of rotatable bonds is 5. The molecule has 2 amide bonds. The van der Waals surface area contributed by atoms with Gasteiger partial charge in [0, 0.05) is 19.1 Å². The Hall–Kier alpha value is -1.10. The third kappa shape index (κ3) is 4.34. The van der Waals surface area contributed by atoms with Crippen LogP contribution in [0, 0.1) is 0 Å². The molecule has 1 heterocycles. The Bertz CT molecular complexity index is 283. The van der Waals surface area contributed by atoms with Gasteiger partial charge in [-0.1, -0.05) is 0 Å². The molecule has 0 bridgehead atoms. The second kappa shape index (κ2) is 6.00. The summed E-state index contributed by atoms with van der Waals surface area (Å²) >= 11 is 0. The summed E-state index contributed by atoms with van der Waals surface area (Å²) in [6.45, 7) is 2.16. The Morgan fingerprint density at radius 3 is 2.41 bits per heavy atom. The first kappa shape index (κ1) is 12.4. The quantitative estimate of drug-likeness (QED) is 0.702. The Morgan fingerprint density at radius 2 is 1.76 bits per heavy atom. The Labute approximate surface area is 102 Å². The van der Waals surface area contributed by atoms with Gasteiger partial charge in [0.2, 0.25) is 11.8 Å². The summed E-state index contributed by atoms with van der Waals surface area (Å²) < 4.78 is 0. The van der Waals surface area contributed by atoms with Crippen LogP contribution >= 0.6 is 0 Å². The lowest BCUT2D eigenvalue weighted by molar-refractivity contribution is -0.133. The van der Waals surface area contributed by atoms with Crippen molar-refractivity contribution in [2.75, 3.05) is 26.2 Å². The molecule has 2 fully saturated rings. The van der Waals surface area contributed by atoms with E-state index in [0.717, 1.165) is 25.9 Å². The molecule has 0 spiro atoms. The minimum Gasteiger partial charge on any atom is -0.346 e. The first-order valence-corrected chi connectivity index (χ1v) is 6.53. The highest BCUT2D eigenvalue weighted by Crippen LogP contribution is 2.17. The maximum Gasteiger partial charge on any atom is 0.241 e. The Balaban J connectivity index is 1.58. The summed E-state index contributed by atoms with van der Waals surface area (Å²) in [4.78, 5) is 25.0. The average molecular weight is 239 g/mol. The van der Waals surface area contributed by atoms with Crippen molar-refractivity contribution >= 4 is 11.8 Å². The van der Waals surface area contributed by atoms with Gasteiger partial charge in [0.15, 0.2) is 0 Å². The molecule has 0 aromatic carbocycles. The number of likely N-dealkylation sites (tertiary alicyclic amines) is 1. The molecular weight excluding hydrogens is 218 g/mol. The van der Waals surface area contributed by atoms with Crippen LogP contribution in [0.5, 0.6) is 0 Å². The van der Waals surface area contributed by atoms with Crippen LogP contribution in [0.25, 0.3) is 0 Å². The molecule has 5 nitrogen and oxygen atoms in total. The van der Waals surface area contributed by atoms with Crippen LogP contribution in [0.4, 0.5) is 0 Å². The number of hydrogen-bond donors (Lipinski definition) is 2. The molecule has 1 saturated carbocycles. The minimum absolute atomic E-state index is 0.0458. The molecule has 2 N–H and O–H groups in total. The van der Waals surface area contributed by atoms with Crippen molar-refractivity contribution in [1.29, 1.82) is 0 Å². The minimum atomic E-state index is -0.0812. The second-order valence-electron chi connectivity index (χ2n) is 4.87. The number of carbonyl (C=O) groups is 2. The van der Waals surface area contributed by atoms with Gasteiger partial charge in [-0.05, 0) is 32.1 Å². The number of hydrogen-bond acceptors (Lipinski definition) is 3. The van der Waals surface area contributed by atoms with E-state index in [-0.39, 0.29) is 18.4 Å². The Kier molecular flexibility index (Phi) is 4.36. The molecule has 0 aromatic heterocycles. The fourth-order valence-corrected chi connectivity index (χ4v) is 2.02. The summed E-state index contributed by atoms with van der Waals surface area (Å²) in [5, 5.41) is 5.79. The van der Waals surface area contributed by atoms with E-state index in [1.165, 1.54) is 19.3 Å². The highest BCUT2D eigenvalue weighted by molar-refractivity contribution is 5.85. The summed E-state index contributed by atoms with van der Waals surface area (Å²) in [6.07, 6.45) is 5.72. The van der Waals surface area contributed by atoms with Crippen LogP contribution in [0.2, 0.25) is 0 Å². The van der Waals surface area contributed by atoms with Gasteiger partial charge in [-0.15, -0.1) is 0 Å². The van der Waals surface area contributed by atoms with Crippen molar-refractivity contribution in [2.24, 2.45) is 0 Å². The summed E-state index contributed by atoms with van der Waals surface area (Å²) in [7, 11) is 0. The van der Waals surface area contributed by atoms with Gasteiger partial charge in [-0.25, -0.2) is 0 Å². The first-order chi connectivity index (χ1) is 8.25. The van der Waals surface area contributed by atoms with Crippen LogP contribution < -0.4 is 10.6 Å². The summed E-state index contributed by atoms with van der Waals surface area (Å²) in [6, 6.07) is 0.526. The third-order valence-electron chi connectivity index (χ3n) is 3.27. The van der Waals surface area contributed by atoms with E-state index in [2.05, 4.69) is 10.6 Å². The molecule has 1 aliphatic heterocycles. The van der Waals surface area contributed by atoms with E-state index >= 15 is 0 Å². The molecule has 2 rings (SSSR count). The molecule has 0 radical (unpaired) electrons. The normalized spacial score (nSPS) is 20.1. The lowest BCUT2D eigenvalue weighted by atomic mass is 10.1. The predicted molar refractivity (Wildman–Crippen MR) is 64.5 cm³/mol. The monoisotopic (exact) mass is 239 g/mol. The van der Waals surface area contributed by atoms with Crippen molar-refractivity contribution in [3.8, 4) is 0 Å². The van der Waals surface area contributed by atoms with Gasteiger partial charge in [0.25, 0.3) is 0 Å². The van der Waals surface area contributed by atoms with Gasteiger partial charge in [-0.2, -0.15) is 0 Å². The Morgan fingerprint density at radius 1 is 1.06 bits per heavy atom. The molecule has 17 heavy (non-hydrogen) atoms.